The minimum absolute atomic E-state index is 0.0570. The normalized spacial score (nSPS) is 18.5. The van der Waals surface area contributed by atoms with Gasteiger partial charge in [0.2, 0.25) is 5.91 Å². The molecule has 1 fully saturated rings. The van der Waals surface area contributed by atoms with E-state index < -0.39 is 0 Å². The van der Waals surface area contributed by atoms with Crippen molar-refractivity contribution in [3.63, 3.8) is 0 Å². The van der Waals surface area contributed by atoms with Crippen LogP contribution in [-0.4, -0.2) is 32.3 Å². The first-order valence-corrected chi connectivity index (χ1v) is 8.28. The number of hydrogen-bond donors (Lipinski definition) is 1. The second-order valence-corrected chi connectivity index (χ2v) is 6.38. The lowest BCUT2D eigenvalue weighted by Crippen LogP contribution is -2.24. The van der Waals surface area contributed by atoms with Crippen molar-refractivity contribution < 1.29 is 4.79 Å². The first kappa shape index (κ1) is 15.1. The molecule has 1 aliphatic heterocycles. The maximum absolute atomic E-state index is 11.0. The second-order valence-electron chi connectivity index (χ2n) is 5.40. The van der Waals surface area contributed by atoms with Gasteiger partial charge in [-0.15, -0.1) is 11.3 Å². The number of nitrogens with one attached hydrogen (secondary N) is 1. The van der Waals surface area contributed by atoms with E-state index in [1.54, 1.807) is 17.5 Å². The van der Waals surface area contributed by atoms with Crippen LogP contribution in [0.15, 0.2) is 24.0 Å². The van der Waals surface area contributed by atoms with E-state index in [0.29, 0.717) is 6.54 Å². The van der Waals surface area contributed by atoms with Gasteiger partial charge in [-0.25, -0.2) is 4.98 Å². The third-order valence-electron chi connectivity index (χ3n) is 3.75. The number of nitrogens with zero attached hydrogens (tertiary/aromatic N) is 4. The summed E-state index contributed by atoms with van der Waals surface area (Å²) in [5, 5.41) is 5.91. The van der Waals surface area contributed by atoms with Crippen molar-refractivity contribution in [3.8, 4) is 0 Å². The molecule has 1 saturated heterocycles. The van der Waals surface area contributed by atoms with Gasteiger partial charge in [-0.05, 0) is 19.4 Å². The Kier molecular flexibility index (Phi) is 4.74. The fourth-order valence-corrected chi connectivity index (χ4v) is 3.38. The molecule has 0 bridgehead atoms. The third kappa shape index (κ3) is 3.66. The number of carbonyl (C=O) groups excluding carboxylic acids is 1. The number of amides is 1. The van der Waals surface area contributed by atoms with Crippen LogP contribution in [0.25, 0.3) is 0 Å². The Morgan fingerprint density at radius 2 is 2.41 bits per heavy atom. The van der Waals surface area contributed by atoms with Crippen LogP contribution in [-0.2, 0) is 17.9 Å². The molecule has 1 N–H and O–H groups in total. The summed E-state index contributed by atoms with van der Waals surface area (Å²) in [4.78, 5) is 26.7. The third-order valence-corrected chi connectivity index (χ3v) is 4.51. The van der Waals surface area contributed by atoms with E-state index in [0.717, 1.165) is 42.3 Å². The van der Waals surface area contributed by atoms with Crippen LogP contribution in [0.2, 0.25) is 0 Å². The first-order valence-electron chi connectivity index (χ1n) is 7.40. The van der Waals surface area contributed by atoms with Crippen LogP contribution in [0, 0.1) is 0 Å². The largest absolute Gasteiger partial charge is 0.351 e. The number of likely N-dealkylation sites (tertiary alicyclic amines) is 1. The zero-order valence-corrected chi connectivity index (χ0v) is 13.3. The Morgan fingerprint density at radius 3 is 3.18 bits per heavy atom. The highest BCUT2D eigenvalue weighted by atomic mass is 32.1. The van der Waals surface area contributed by atoms with E-state index in [1.165, 1.54) is 6.92 Å². The molecule has 116 valence electrons. The molecule has 1 amide bonds. The SMILES string of the molecule is CC(=O)NCc1cncc([C@@H]2CCCN2Cc2nccs2)n1. The highest BCUT2D eigenvalue weighted by Crippen LogP contribution is 2.32. The number of hydrogen-bond acceptors (Lipinski definition) is 6. The summed E-state index contributed by atoms with van der Waals surface area (Å²) in [6, 6.07) is 0.286. The average molecular weight is 317 g/mol. The Balaban J connectivity index is 1.71. The zero-order chi connectivity index (χ0) is 15.4. The van der Waals surface area contributed by atoms with E-state index in [1.807, 2.05) is 17.8 Å². The lowest BCUT2D eigenvalue weighted by molar-refractivity contribution is -0.119. The van der Waals surface area contributed by atoms with Gasteiger partial charge in [0.25, 0.3) is 0 Å². The molecule has 7 heteroatoms. The van der Waals surface area contributed by atoms with Crippen molar-refractivity contribution in [3.05, 3.63) is 40.4 Å². The van der Waals surface area contributed by atoms with E-state index in [-0.39, 0.29) is 11.9 Å². The molecule has 0 aliphatic carbocycles. The van der Waals surface area contributed by atoms with Gasteiger partial charge < -0.3 is 5.32 Å². The molecule has 1 atom stereocenters. The van der Waals surface area contributed by atoms with E-state index >= 15 is 0 Å². The fourth-order valence-electron chi connectivity index (χ4n) is 2.74. The quantitative estimate of drug-likeness (QED) is 0.912. The summed E-state index contributed by atoms with van der Waals surface area (Å²) in [6.07, 6.45) is 7.64. The van der Waals surface area contributed by atoms with Gasteiger partial charge >= 0.3 is 0 Å². The summed E-state index contributed by atoms with van der Waals surface area (Å²) in [7, 11) is 0. The molecule has 0 spiro atoms. The van der Waals surface area contributed by atoms with Crippen molar-refractivity contribution in [2.24, 2.45) is 0 Å². The number of carbonyl (C=O) groups is 1. The van der Waals surface area contributed by atoms with Crippen molar-refractivity contribution in [2.75, 3.05) is 6.54 Å². The minimum Gasteiger partial charge on any atom is -0.351 e. The predicted octanol–water partition coefficient (Wildman–Crippen LogP) is 1.91. The van der Waals surface area contributed by atoms with Crippen LogP contribution in [0.1, 0.15) is 42.2 Å². The van der Waals surface area contributed by atoms with Gasteiger partial charge in [-0.2, -0.15) is 0 Å². The zero-order valence-electron chi connectivity index (χ0n) is 12.5. The molecule has 2 aromatic rings. The van der Waals surface area contributed by atoms with Crippen LogP contribution in [0.5, 0.6) is 0 Å². The molecule has 1 aliphatic rings. The van der Waals surface area contributed by atoms with E-state index in [2.05, 4.69) is 25.2 Å². The van der Waals surface area contributed by atoms with Crippen LogP contribution >= 0.6 is 11.3 Å². The van der Waals surface area contributed by atoms with Gasteiger partial charge in [0.15, 0.2) is 0 Å². The van der Waals surface area contributed by atoms with Crippen LogP contribution in [0.3, 0.4) is 0 Å². The average Bonchev–Trinajstić information content (AvgIpc) is 3.18. The molecule has 0 radical (unpaired) electrons. The number of thiazole rings is 1. The van der Waals surface area contributed by atoms with Crippen molar-refractivity contribution in [1.82, 2.24) is 25.2 Å². The highest BCUT2D eigenvalue weighted by Gasteiger charge is 2.28. The Hall–Kier alpha value is -1.86. The van der Waals surface area contributed by atoms with E-state index in [4.69, 9.17) is 0 Å². The van der Waals surface area contributed by atoms with Crippen molar-refractivity contribution in [1.29, 1.82) is 0 Å². The van der Waals surface area contributed by atoms with Gasteiger partial charge in [0, 0.05) is 18.5 Å². The number of rotatable bonds is 5. The van der Waals surface area contributed by atoms with Gasteiger partial charge in [0.1, 0.15) is 5.01 Å². The molecule has 0 saturated carbocycles. The molecular formula is C15H19N5OS. The molecule has 3 rings (SSSR count). The fraction of sp³-hybridized carbons (Fsp3) is 0.467. The summed E-state index contributed by atoms with van der Waals surface area (Å²) < 4.78 is 0. The predicted molar refractivity (Wildman–Crippen MR) is 84.1 cm³/mol. The lowest BCUT2D eigenvalue weighted by atomic mass is 10.1. The van der Waals surface area contributed by atoms with Crippen molar-refractivity contribution in [2.45, 2.75) is 38.9 Å². The molecular weight excluding hydrogens is 298 g/mol. The smallest absolute Gasteiger partial charge is 0.217 e. The summed E-state index contributed by atoms with van der Waals surface area (Å²) in [5.74, 6) is -0.0570. The topological polar surface area (TPSA) is 71.0 Å². The minimum atomic E-state index is -0.0570. The van der Waals surface area contributed by atoms with Crippen molar-refractivity contribution >= 4 is 17.2 Å². The summed E-state index contributed by atoms with van der Waals surface area (Å²) in [6.45, 7) is 3.85. The molecule has 0 aromatic carbocycles. The lowest BCUT2D eigenvalue weighted by Gasteiger charge is -2.23. The maximum Gasteiger partial charge on any atom is 0.217 e. The second kappa shape index (κ2) is 6.93. The van der Waals surface area contributed by atoms with Gasteiger partial charge in [-0.3, -0.25) is 19.7 Å². The molecule has 0 unspecified atom stereocenters. The standard InChI is InChI=1S/C15H19N5OS/c1-11(21)18-8-12-7-16-9-13(19-12)14-3-2-5-20(14)10-15-17-4-6-22-15/h4,6-7,9,14H,2-3,5,8,10H2,1H3,(H,18,21)/t14-/m0/s1. The van der Waals surface area contributed by atoms with E-state index in [9.17, 15) is 4.79 Å². The van der Waals surface area contributed by atoms with Crippen LogP contribution < -0.4 is 5.32 Å². The molecule has 2 aromatic heterocycles. The molecule has 3 heterocycles. The Labute approximate surface area is 133 Å². The Morgan fingerprint density at radius 1 is 1.50 bits per heavy atom. The Bertz CT molecular complexity index is 631. The first-order chi connectivity index (χ1) is 10.7. The summed E-state index contributed by atoms with van der Waals surface area (Å²) >= 11 is 1.69. The molecule has 22 heavy (non-hydrogen) atoms. The van der Waals surface area contributed by atoms with Crippen LogP contribution in [0.4, 0.5) is 0 Å². The number of aromatic nitrogens is 3. The highest BCUT2D eigenvalue weighted by molar-refractivity contribution is 7.09. The van der Waals surface area contributed by atoms with Gasteiger partial charge in [-0.1, -0.05) is 0 Å². The van der Waals surface area contributed by atoms with Gasteiger partial charge in [0.05, 0.1) is 42.9 Å². The molecule has 6 nitrogen and oxygen atoms in total. The maximum atomic E-state index is 11.0. The monoisotopic (exact) mass is 317 g/mol. The summed E-state index contributed by atoms with van der Waals surface area (Å²) in [5.41, 5.74) is 1.78.